The minimum absolute atomic E-state index is 0.108. The van der Waals surface area contributed by atoms with Gasteiger partial charge in [-0.15, -0.1) is 0 Å². The summed E-state index contributed by atoms with van der Waals surface area (Å²) in [6.45, 7) is 3.48. The van der Waals surface area contributed by atoms with Crippen LogP contribution in [0, 0.1) is 6.92 Å². The number of benzene rings is 3. The third kappa shape index (κ3) is 4.66. The summed E-state index contributed by atoms with van der Waals surface area (Å²) in [7, 11) is 0. The van der Waals surface area contributed by atoms with E-state index in [0.717, 1.165) is 22.4 Å². The molecule has 0 N–H and O–H groups in total. The number of fused-ring (bicyclic) bond motifs is 1. The number of hydrogen-bond donors (Lipinski definition) is 0. The molecule has 0 radical (unpaired) electrons. The lowest BCUT2D eigenvalue weighted by Crippen LogP contribution is -2.15. The molecular weight excluding hydrogens is 364 g/mol. The van der Waals surface area contributed by atoms with Crippen molar-refractivity contribution in [3.63, 3.8) is 0 Å². The third-order valence-electron chi connectivity index (χ3n) is 4.63. The smallest absolute Gasteiger partial charge is 0.189 e. The third-order valence-corrected chi connectivity index (χ3v) is 4.63. The maximum absolute atomic E-state index is 12.8. The Balaban J connectivity index is 1.51. The molecule has 0 amide bonds. The van der Waals surface area contributed by atoms with Gasteiger partial charge in [0.1, 0.15) is 25.6 Å². The number of ether oxygens (including phenoxy) is 3. The van der Waals surface area contributed by atoms with E-state index >= 15 is 0 Å². The van der Waals surface area contributed by atoms with Gasteiger partial charge in [0.2, 0.25) is 0 Å². The monoisotopic (exact) mass is 386 g/mol. The lowest BCUT2D eigenvalue weighted by Gasteiger charge is -2.18. The van der Waals surface area contributed by atoms with Gasteiger partial charge in [-0.25, -0.2) is 0 Å². The Morgan fingerprint density at radius 3 is 2.59 bits per heavy atom. The summed E-state index contributed by atoms with van der Waals surface area (Å²) >= 11 is 0. The molecule has 0 aromatic heterocycles. The van der Waals surface area contributed by atoms with E-state index in [0.29, 0.717) is 36.9 Å². The van der Waals surface area contributed by atoms with Crippen molar-refractivity contribution in [3.05, 3.63) is 95.1 Å². The van der Waals surface area contributed by atoms with Gasteiger partial charge in [-0.1, -0.05) is 48.5 Å². The Hall–Kier alpha value is -3.53. The number of carbonyl (C=O) groups excluding carboxylic acids is 1. The first-order valence-corrected chi connectivity index (χ1v) is 9.58. The van der Waals surface area contributed by atoms with Crippen LogP contribution in [0.15, 0.2) is 72.8 Å². The first kappa shape index (κ1) is 18.8. The lowest BCUT2D eigenvalue weighted by molar-refractivity contribution is 0.104. The molecule has 29 heavy (non-hydrogen) atoms. The van der Waals surface area contributed by atoms with Crippen LogP contribution in [-0.4, -0.2) is 19.0 Å². The molecule has 1 aliphatic heterocycles. The van der Waals surface area contributed by atoms with Crippen LogP contribution in [0.2, 0.25) is 0 Å². The lowest BCUT2D eigenvalue weighted by atomic mass is 10.1. The fraction of sp³-hybridized carbons (Fsp3) is 0.160. The second-order valence-corrected chi connectivity index (χ2v) is 6.87. The molecule has 0 spiro atoms. The number of hydrogen-bond acceptors (Lipinski definition) is 4. The molecule has 4 heteroatoms. The summed E-state index contributed by atoms with van der Waals surface area (Å²) < 4.78 is 17.1. The molecule has 0 unspecified atom stereocenters. The number of carbonyl (C=O) groups is 1. The van der Waals surface area contributed by atoms with Gasteiger partial charge in [0.25, 0.3) is 0 Å². The fourth-order valence-electron chi connectivity index (χ4n) is 3.11. The second-order valence-electron chi connectivity index (χ2n) is 6.87. The van der Waals surface area contributed by atoms with Crippen LogP contribution >= 0.6 is 0 Å². The highest BCUT2D eigenvalue weighted by atomic mass is 16.6. The molecule has 146 valence electrons. The Morgan fingerprint density at radius 2 is 1.76 bits per heavy atom. The van der Waals surface area contributed by atoms with Crippen molar-refractivity contribution >= 4 is 11.9 Å². The second kappa shape index (κ2) is 8.65. The van der Waals surface area contributed by atoms with Crippen molar-refractivity contribution in [3.8, 4) is 17.2 Å². The maximum Gasteiger partial charge on any atom is 0.189 e. The highest BCUT2D eigenvalue weighted by Crippen LogP contribution is 2.31. The van der Waals surface area contributed by atoms with Crippen LogP contribution in [0.5, 0.6) is 17.2 Å². The van der Waals surface area contributed by atoms with E-state index in [1.807, 2.05) is 73.7 Å². The Morgan fingerprint density at radius 1 is 0.966 bits per heavy atom. The fourth-order valence-corrected chi connectivity index (χ4v) is 3.11. The summed E-state index contributed by atoms with van der Waals surface area (Å²) in [6, 6.07) is 21.2. The zero-order valence-electron chi connectivity index (χ0n) is 16.3. The average molecular weight is 386 g/mol. The Kier molecular flexibility index (Phi) is 5.61. The average Bonchev–Trinajstić information content (AvgIpc) is 2.76. The highest BCUT2D eigenvalue weighted by Gasteiger charge is 2.13. The van der Waals surface area contributed by atoms with Crippen LogP contribution in [0.4, 0.5) is 0 Å². The summed E-state index contributed by atoms with van der Waals surface area (Å²) in [4.78, 5) is 12.8. The number of aryl methyl sites for hydroxylation is 1. The first-order chi connectivity index (χ1) is 14.2. The summed E-state index contributed by atoms with van der Waals surface area (Å²) in [5, 5.41) is 0. The standard InChI is InChI=1S/C25H22O4/c1-18-7-10-21(24(15-18)29-17-20-5-3-2-4-6-20)22(26)11-8-19-9-12-23-25(16-19)28-14-13-27-23/h2-12,15-16H,13-14,17H2,1H3/b11-8+. The van der Waals surface area contributed by atoms with Gasteiger partial charge in [0.15, 0.2) is 17.3 Å². The van der Waals surface area contributed by atoms with Crippen LogP contribution in [0.1, 0.15) is 27.0 Å². The molecule has 4 rings (SSSR count). The zero-order chi connectivity index (χ0) is 20.1. The van der Waals surface area contributed by atoms with E-state index in [-0.39, 0.29) is 5.78 Å². The van der Waals surface area contributed by atoms with E-state index in [1.54, 1.807) is 12.2 Å². The van der Waals surface area contributed by atoms with Crippen molar-refractivity contribution in [1.29, 1.82) is 0 Å². The van der Waals surface area contributed by atoms with Crippen LogP contribution < -0.4 is 14.2 Å². The summed E-state index contributed by atoms with van der Waals surface area (Å²) in [6.07, 6.45) is 3.34. The molecule has 1 heterocycles. The molecule has 1 aliphatic rings. The molecule has 0 atom stereocenters. The number of rotatable bonds is 6. The molecule has 0 fully saturated rings. The quantitative estimate of drug-likeness (QED) is 0.429. The van der Waals surface area contributed by atoms with E-state index in [4.69, 9.17) is 14.2 Å². The van der Waals surface area contributed by atoms with Crippen molar-refractivity contribution in [2.75, 3.05) is 13.2 Å². The molecule has 3 aromatic rings. The van der Waals surface area contributed by atoms with Gasteiger partial charge >= 0.3 is 0 Å². The van der Waals surface area contributed by atoms with Crippen molar-refractivity contribution in [1.82, 2.24) is 0 Å². The topological polar surface area (TPSA) is 44.8 Å². The summed E-state index contributed by atoms with van der Waals surface area (Å²) in [5.74, 6) is 1.91. The maximum atomic E-state index is 12.8. The predicted octanol–water partition coefficient (Wildman–Crippen LogP) is 5.24. The number of ketones is 1. The summed E-state index contributed by atoms with van der Waals surface area (Å²) in [5.41, 5.74) is 3.52. The van der Waals surface area contributed by atoms with Crippen LogP contribution in [0.25, 0.3) is 6.08 Å². The Labute approximate surface area is 170 Å². The zero-order valence-corrected chi connectivity index (χ0v) is 16.3. The number of allylic oxidation sites excluding steroid dienone is 1. The van der Waals surface area contributed by atoms with E-state index in [2.05, 4.69) is 0 Å². The normalized spacial score (nSPS) is 12.7. The Bertz CT molecular complexity index is 1040. The molecular formula is C25H22O4. The van der Waals surface area contributed by atoms with E-state index in [1.165, 1.54) is 0 Å². The van der Waals surface area contributed by atoms with Gasteiger partial charge in [-0.2, -0.15) is 0 Å². The van der Waals surface area contributed by atoms with Gasteiger partial charge in [0.05, 0.1) is 5.56 Å². The van der Waals surface area contributed by atoms with Crippen LogP contribution in [0.3, 0.4) is 0 Å². The highest BCUT2D eigenvalue weighted by molar-refractivity contribution is 6.08. The minimum atomic E-state index is -0.108. The SMILES string of the molecule is Cc1ccc(C(=O)/C=C/c2ccc3c(c2)OCCO3)c(OCc2ccccc2)c1. The largest absolute Gasteiger partial charge is 0.488 e. The predicted molar refractivity (Wildman–Crippen MR) is 113 cm³/mol. The van der Waals surface area contributed by atoms with Crippen LogP contribution in [-0.2, 0) is 6.61 Å². The molecule has 0 aliphatic carbocycles. The van der Waals surface area contributed by atoms with Gasteiger partial charge in [-0.05, 0) is 54.0 Å². The molecule has 3 aromatic carbocycles. The molecule has 0 saturated carbocycles. The van der Waals surface area contributed by atoms with Gasteiger partial charge in [0, 0.05) is 0 Å². The van der Waals surface area contributed by atoms with E-state index in [9.17, 15) is 4.79 Å². The van der Waals surface area contributed by atoms with Crippen molar-refractivity contribution in [2.45, 2.75) is 13.5 Å². The molecule has 4 nitrogen and oxygen atoms in total. The molecule has 0 saturated heterocycles. The minimum Gasteiger partial charge on any atom is -0.488 e. The first-order valence-electron chi connectivity index (χ1n) is 9.58. The van der Waals surface area contributed by atoms with Crippen molar-refractivity contribution < 1.29 is 19.0 Å². The molecule has 0 bridgehead atoms. The van der Waals surface area contributed by atoms with Gasteiger partial charge < -0.3 is 14.2 Å². The van der Waals surface area contributed by atoms with E-state index < -0.39 is 0 Å². The van der Waals surface area contributed by atoms with Crippen molar-refractivity contribution in [2.24, 2.45) is 0 Å². The van der Waals surface area contributed by atoms with Gasteiger partial charge in [-0.3, -0.25) is 4.79 Å².